The van der Waals surface area contributed by atoms with E-state index in [4.69, 9.17) is 20.5 Å². The second kappa shape index (κ2) is 9.15. The summed E-state index contributed by atoms with van der Waals surface area (Å²) in [5.74, 6) is -0.644. The average molecular weight is 285 g/mol. The van der Waals surface area contributed by atoms with Crippen LogP contribution in [0.15, 0.2) is 0 Å². The molecule has 0 rings (SSSR count). The summed E-state index contributed by atoms with van der Waals surface area (Å²) in [7, 11) is 0. The van der Waals surface area contributed by atoms with Gasteiger partial charge in [-0.05, 0) is 46.6 Å². The molecule has 0 aliphatic carbocycles. The molecule has 0 fully saturated rings. The van der Waals surface area contributed by atoms with Crippen LogP contribution in [0.5, 0.6) is 0 Å². The van der Waals surface area contributed by atoms with Crippen LogP contribution in [-0.2, 0) is 14.3 Å². The highest BCUT2D eigenvalue weighted by Gasteiger charge is 2.25. The largest absolute Gasteiger partial charge is 0.449 e. The first-order valence-corrected chi connectivity index (χ1v) is 6.53. The predicted octanol–water partition coefficient (Wildman–Crippen LogP) is 1.08. The minimum atomic E-state index is -0.829. The number of hydrogen-bond donors (Lipinski definition) is 2. The van der Waals surface area contributed by atoms with Crippen molar-refractivity contribution in [1.29, 1.82) is 5.26 Å². The second-order valence-electron chi connectivity index (χ2n) is 5.25. The zero-order valence-electron chi connectivity index (χ0n) is 12.3. The lowest BCUT2D eigenvalue weighted by molar-refractivity contribution is -0.145. The SMILES string of the molecule is CC(C)(C)OC(=O)NC(CCCCN)C(=O)OCC#N. The second-order valence-corrected chi connectivity index (χ2v) is 5.25. The fraction of sp³-hybridized carbons (Fsp3) is 0.769. The first kappa shape index (κ1) is 18.2. The Morgan fingerprint density at radius 2 is 2.00 bits per heavy atom. The predicted molar refractivity (Wildman–Crippen MR) is 72.6 cm³/mol. The topological polar surface area (TPSA) is 114 Å². The van der Waals surface area contributed by atoms with E-state index in [1.165, 1.54) is 0 Å². The number of nitrogens with zero attached hydrogens (tertiary/aromatic N) is 1. The molecule has 0 aliphatic rings. The highest BCUT2D eigenvalue weighted by atomic mass is 16.6. The lowest BCUT2D eigenvalue weighted by atomic mass is 10.1. The van der Waals surface area contributed by atoms with Crippen molar-refractivity contribution in [3.8, 4) is 6.07 Å². The van der Waals surface area contributed by atoms with Crippen LogP contribution in [0, 0.1) is 11.3 Å². The number of carbonyl (C=O) groups excluding carboxylic acids is 2. The molecule has 0 saturated carbocycles. The number of nitrogens with two attached hydrogens (primary N) is 1. The summed E-state index contributed by atoms with van der Waals surface area (Å²) in [4.78, 5) is 23.4. The Morgan fingerprint density at radius 1 is 1.35 bits per heavy atom. The van der Waals surface area contributed by atoms with E-state index in [0.29, 0.717) is 19.4 Å². The summed E-state index contributed by atoms with van der Waals surface area (Å²) < 4.78 is 9.80. The molecule has 0 aliphatic heterocycles. The number of hydrogen-bond acceptors (Lipinski definition) is 6. The maximum absolute atomic E-state index is 11.7. The fourth-order valence-corrected chi connectivity index (χ4v) is 1.40. The van der Waals surface area contributed by atoms with Crippen LogP contribution < -0.4 is 11.1 Å². The van der Waals surface area contributed by atoms with Crippen LogP contribution in [0.3, 0.4) is 0 Å². The van der Waals surface area contributed by atoms with Crippen LogP contribution in [0.25, 0.3) is 0 Å². The van der Waals surface area contributed by atoms with Crippen LogP contribution >= 0.6 is 0 Å². The number of esters is 1. The molecular weight excluding hydrogens is 262 g/mol. The van der Waals surface area contributed by atoms with E-state index in [2.05, 4.69) is 5.32 Å². The van der Waals surface area contributed by atoms with Gasteiger partial charge in [0.25, 0.3) is 0 Å². The van der Waals surface area contributed by atoms with Gasteiger partial charge in [0.15, 0.2) is 6.61 Å². The van der Waals surface area contributed by atoms with Gasteiger partial charge in [-0.1, -0.05) is 0 Å². The van der Waals surface area contributed by atoms with Gasteiger partial charge in [0.05, 0.1) is 0 Å². The van der Waals surface area contributed by atoms with Crippen LogP contribution in [0.2, 0.25) is 0 Å². The summed E-state index contributed by atoms with van der Waals surface area (Å²) in [6.07, 6.45) is 1.10. The van der Waals surface area contributed by atoms with E-state index in [-0.39, 0.29) is 6.61 Å². The molecule has 1 atom stereocenters. The van der Waals surface area contributed by atoms with E-state index >= 15 is 0 Å². The third-order valence-electron chi connectivity index (χ3n) is 2.20. The Bertz CT molecular complexity index is 358. The summed E-state index contributed by atoms with van der Waals surface area (Å²) in [5, 5.41) is 10.8. The van der Waals surface area contributed by atoms with Crippen molar-refractivity contribution >= 4 is 12.1 Å². The molecule has 114 valence electrons. The molecule has 0 aromatic heterocycles. The first-order chi connectivity index (χ1) is 9.30. The Balaban J connectivity index is 4.47. The van der Waals surface area contributed by atoms with E-state index in [0.717, 1.165) is 6.42 Å². The van der Waals surface area contributed by atoms with Crippen molar-refractivity contribution in [2.24, 2.45) is 5.73 Å². The van der Waals surface area contributed by atoms with E-state index in [9.17, 15) is 9.59 Å². The van der Waals surface area contributed by atoms with Crippen molar-refractivity contribution in [3.63, 3.8) is 0 Å². The van der Waals surface area contributed by atoms with Gasteiger partial charge < -0.3 is 20.5 Å². The van der Waals surface area contributed by atoms with Crippen molar-refractivity contribution < 1.29 is 19.1 Å². The number of alkyl carbamates (subject to hydrolysis) is 1. The van der Waals surface area contributed by atoms with Gasteiger partial charge in [-0.15, -0.1) is 0 Å². The number of carbonyl (C=O) groups is 2. The molecule has 0 heterocycles. The molecule has 0 radical (unpaired) electrons. The molecular formula is C13H23N3O4. The van der Waals surface area contributed by atoms with Crippen LogP contribution in [-0.4, -0.2) is 36.9 Å². The normalized spacial score (nSPS) is 12.2. The molecule has 7 heteroatoms. The van der Waals surface area contributed by atoms with Crippen molar-refractivity contribution in [3.05, 3.63) is 0 Å². The minimum Gasteiger partial charge on any atom is -0.449 e. The number of unbranched alkanes of at least 4 members (excludes halogenated alkanes) is 1. The van der Waals surface area contributed by atoms with Gasteiger partial charge in [0.2, 0.25) is 0 Å². The lowest BCUT2D eigenvalue weighted by Crippen LogP contribution is -2.44. The summed E-state index contributed by atoms with van der Waals surface area (Å²) >= 11 is 0. The summed E-state index contributed by atoms with van der Waals surface area (Å²) in [6, 6.07) is 0.876. The highest BCUT2D eigenvalue weighted by Crippen LogP contribution is 2.09. The van der Waals surface area contributed by atoms with Crippen molar-refractivity contribution in [2.45, 2.75) is 51.7 Å². The van der Waals surface area contributed by atoms with Gasteiger partial charge in [-0.25, -0.2) is 9.59 Å². The molecule has 20 heavy (non-hydrogen) atoms. The van der Waals surface area contributed by atoms with Gasteiger partial charge in [0.1, 0.15) is 17.7 Å². The third kappa shape index (κ3) is 9.16. The molecule has 0 aromatic rings. The number of rotatable bonds is 7. The third-order valence-corrected chi connectivity index (χ3v) is 2.20. The monoisotopic (exact) mass is 285 g/mol. The smallest absolute Gasteiger partial charge is 0.408 e. The van der Waals surface area contributed by atoms with Gasteiger partial charge >= 0.3 is 12.1 Å². The van der Waals surface area contributed by atoms with Gasteiger partial charge in [-0.2, -0.15) is 5.26 Å². The number of nitrogens with one attached hydrogen (secondary N) is 1. The summed E-state index contributed by atoms with van der Waals surface area (Å²) in [6.45, 7) is 5.34. The maximum atomic E-state index is 11.7. The molecule has 0 saturated heterocycles. The number of nitriles is 1. The zero-order chi connectivity index (χ0) is 15.6. The molecule has 3 N–H and O–H groups in total. The summed E-state index contributed by atoms with van der Waals surface area (Å²) in [5.41, 5.74) is 4.73. The van der Waals surface area contributed by atoms with Crippen LogP contribution in [0.1, 0.15) is 40.0 Å². The Hall–Kier alpha value is -1.81. The first-order valence-electron chi connectivity index (χ1n) is 6.53. The Morgan fingerprint density at radius 3 is 2.50 bits per heavy atom. The zero-order valence-corrected chi connectivity index (χ0v) is 12.3. The number of ether oxygens (including phenoxy) is 2. The highest BCUT2D eigenvalue weighted by molar-refractivity contribution is 5.81. The fourth-order valence-electron chi connectivity index (χ4n) is 1.40. The average Bonchev–Trinajstić information content (AvgIpc) is 2.32. The maximum Gasteiger partial charge on any atom is 0.408 e. The Labute approximate surface area is 119 Å². The van der Waals surface area contributed by atoms with Gasteiger partial charge in [0, 0.05) is 0 Å². The van der Waals surface area contributed by atoms with Crippen molar-refractivity contribution in [1.82, 2.24) is 5.32 Å². The standard InChI is InChI=1S/C13H23N3O4/c1-13(2,3)20-12(18)16-10(6-4-5-7-14)11(17)19-9-8-15/h10H,4-7,9,14H2,1-3H3,(H,16,18). The molecule has 0 spiro atoms. The molecule has 1 amide bonds. The van der Waals surface area contributed by atoms with E-state index in [1.54, 1.807) is 26.8 Å². The van der Waals surface area contributed by atoms with Crippen molar-refractivity contribution in [2.75, 3.05) is 13.2 Å². The Kier molecular flexibility index (Phi) is 8.32. The van der Waals surface area contributed by atoms with E-state index < -0.39 is 23.7 Å². The van der Waals surface area contributed by atoms with Crippen LogP contribution in [0.4, 0.5) is 4.79 Å². The number of amides is 1. The quantitative estimate of drug-likeness (QED) is 0.534. The molecule has 0 aromatic carbocycles. The molecule has 1 unspecified atom stereocenters. The molecule has 7 nitrogen and oxygen atoms in total. The van der Waals surface area contributed by atoms with Gasteiger partial charge in [-0.3, -0.25) is 0 Å². The minimum absolute atomic E-state index is 0.345. The lowest BCUT2D eigenvalue weighted by Gasteiger charge is -2.22. The van der Waals surface area contributed by atoms with E-state index in [1.807, 2.05) is 0 Å². The molecule has 0 bridgehead atoms.